The largest absolute Gasteiger partial charge is 0.456 e. The van der Waals surface area contributed by atoms with Gasteiger partial charge in [0, 0.05) is 31.3 Å². The molecule has 33 heavy (non-hydrogen) atoms. The Kier molecular flexibility index (Phi) is 9.01. The Hall–Kier alpha value is -2.73. The molecule has 1 aliphatic carbocycles. The number of aliphatic hydroxyl groups is 1. The molecule has 1 aromatic heterocycles. The molecule has 0 aliphatic heterocycles. The van der Waals surface area contributed by atoms with Crippen LogP contribution >= 0.6 is 0 Å². The number of pyridine rings is 1. The third-order valence-corrected chi connectivity index (χ3v) is 6.36. The number of rotatable bonds is 11. The lowest BCUT2D eigenvalue weighted by Gasteiger charge is -2.27. The summed E-state index contributed by atoms with van der Waals surface area (Å²) in [5.41, 5.74) is 3.51. The van der Waals surface area contributed by atoms with Crippen LogP contribution in [-0.4, -0.2) is 41.2 Å². The third-order valence-electron chi connectivity index (χ3n) is 6.36. The molecule has 2 N–H and O–H groups in total. The minimum absolute atomic E-state index is 0.0951. The summed E-state index contributed by atoms with van der Waals surface area (Å²) in [6, 6.07) is 11.5. The molecular weight excluding hydrogens is 416 g/mol. The zero-order chi connectivity index (χ0) is 23.8. The van der Waals surface area contributed by atoms with E-state index in [1.165, 1.54) is 0 Å². The molecule has 1 heterocycles. The zero-order valence-corrected chi connectivity index (χ0v) is 19.9. The molecule has 0 fully saturated rings. The van der Waals surface area contributed by atoms with Crippen LogP contribution in [0.15, 0.2) is 42.6 Å². The summed E-state index contributed by atoms with van der Waals surface area (Å²) in [5, 5.41) is 13.8. The number of carbonyl (C=O) groups is 2. The lowest BCUT2D eigenvalue weighted by molar-refractivity contribution is -0.126. The molecule has 6 nitrogen and oxygen atoms in total. The van der Waals surface area contributed by atoms with Gasteiger partial charge in [-0.05, 0) is 55.2 Å². The summed E-state index contributed by atoms with van der Waals surface area (Å²) in [6.45, 7) is 4.23. The molecule has 0 saturated carbocycles. The molecule has 0 unspecified atom stereocenters. The van der Waals surface area contributed by atoms with Gasteiger partial charge >= 0.3 is 5.97 Å². The topological polar surface area (TPSA) is 88.5 Å². The van der Waals surface area contributed by atoms with Crippen LogP contribution in [0.2, 0.25) is 0 Å². The van der Waals surface area contributed by atoms with Gasteiger partial charge in [-0.2, -0.15) is 0 Å². The van der Waals surface area contributed by atoms with E-state index in [1.807, 2.05) is 36.4 Å². The highest BCUT2D eigenvalue weighted by Gasteiger charge is 2.30. The Morgan fingerprint density at radius 1 is 1.15 bits per heavy atom. The van der Waals surface area contributed by atoms with E-state index in [0.717, 1.165) is 42.5 Å². The van der Waals surface area contributed by atoms with E-state index in [0.29, 0.717) is 24.3 Å². The molecule has 0 bridgehead atoms. The second-order valence-corrected chi connectivity index (χ2v) is 9.40. The Morgan fingerprint density at radius 3 is 2.61 bits per heavy atom. The highest BCUT2D eigenvalue weighted by Crippen LogP contribution is 2.24. The number of hydrogen-bond acceptors (Lipinski definition) is 5. The molecule has 2 aromatic rings. The number of benzene rings is 1. The second kappa shape index (κ2) is 11.9. The van der Waals surface area contributed by atoms with Crippen LogP contribution in [-0.2, 0) is 28.8 Å². The van der Waals surface area contributed by atoms with Gasteiger partial charge in [0.2, 0.25) is 5.91 Å². The fourth-order valence-electron chi connectivity index (χ4n) is 4.38. The van der Waals surface area contributed by atoms with Crippen molar-refractivity contribution in [3.63, 3.8) is 0 Å². The van der Waals surface area contributed by atoms with Gasteiger partial charge in [-0.25, -0.2) is 4.79 Å². The number of carbonyl (C=O) groups excluding carboxylic acids is 2. The Balaban J connectivity index is 1.76. The van der Waals surface area contributed by atoms with E-state index in [2.05, 4.69) is 24.1 Å². The van der Waals surface area contributed by atoms with E-state index in [1.54, 1.807) is 13.2 Å². The van der Waals surface area contributed by atoms with E-state index < -0.39 is 18.2 Å². The standard InChI is InChI=1S/C27H36N2O4/c1-18(2)12-13-21(26(31)28-3)16-24(30)25(14-19-8-5-4-6-9-19)33-27(32)22-15-20-10-7-11-23(20)29-17-22/h4-6,8-9,15,17-18,21,24-25,30H,7,10-14,16H2,1-3H3,(H,28,31)/t21-,24+,25+/m1/s1. The molecule has 1 aliphatic rings. The van der Waals surface area contributed by atoms with E-state index >= 15 is 0 Å². The van der Waals surface area contributed by atoms with Gasteiger partial charge < -0.3 is 15.2 Å². The molecule has 6 heteroatoms. The Labute approximate surface area is 196 Å². The van der Waals surface area contributed by atoms with Crippen molar-refractivity contribution < 1.29 is 19.4 Å². The molecule has 0 radical (unpaired) electrons. The van der Waals surface area contributed by atoms with Crippen molar-refractivity contribution in [2.75, 3.05) is 7.05 Å². The molecule has 1 amide bonds. The fourth-order valence-corrected chi connectivity index (χ4v) is 4.38. The number of nitrogens with zero attached hydrogens (tertiary/aromatic N) is 1. The number of aromatic nitrogens is 1. The summed E-state index contributed by atoms with van der Waals surface area (Å²) in [5.74, 6) is -0.469. The number of aryl methyl sites for hydroxylation is 2. The maximum absolute atomic E-state index is 13.0. The SMILES string of the molecule is CNC(=O)[C@H](CCC(C)C)C[C@H](O)[C@H](Cc1ccccc1)OC(=O)c1cnc2c(c1)CCC2. The van der Waals surface area contributed by atoms with Gasteiger partial charge in [0.1, 0.15) is 6.10 Å². The number of aliphatic hydroxyl groups excluding tert-OH is 1. The quantitative estimate of drug-likeness (QED) is 0.505. The Morgan fingerprint density at radius 2 is 1.91 bits per heavy atom. The normalized spacial score (nSPS) is 15.5. The van der Waals surface area contributed by atoms with Crippen LogP contribution in [0.3, 0.4) is 0 Å². The first-order valence-corrected chi connectivity index (χ1v) is 12.0. The van der Waals surface area contributed by atoms with Crippen LogP contribution in [0, 0.1) is 11.8 Å². The first-order valence-electron chi connectivity index (χ1n) is 12.0. The second-order valence-electron chi connectivity index (χ2n) is 9.40. The van der Waals surface area contributed by atoms with Crippen LogP contribution in [0.5, 0.6) is 0 Å². The van der Waals surface area contributed by atoms with Crippen molar-refractivity contribution in [2.24, 2.45) is 11.8 Å². The van der Waals surface area contributed by atoms with Crippen molar-refractivity contribution >= 4 is 11.9 Å². The average molecular weight is 453 g/mol. The first kappa shape index (κ1) is 24.9. The van der Waals surface area contributed by atoms with Crippen molar-refractivity contribution in [3.8, 4) is 0 Å². The summed E-state index contributed by atoms with van der Waals surface area (Å²) in [7, 11) is 1.61. The number of amides is 1. The highest BCUT2D eigenvalue weighted by atomic mass is 16.6. The molecule has 178 valence electrons. The third kappa shape index (κ3) is 7.13. The predicted molar refractivity (Wildman–Crippen MR) is 128 cm³/mol. The summed E-state index contributed by atoms with van der Waals surface area (Å²) in [4.78, 5) is 29.9. The molecule has 0 spiro atoms. The summed E-state index contributed by atoms with van der Waals surface area (Å²) >= 11 is 0. The lowest BCUT2D eigenvalue weighted by atomic mass is 9.89. The monoisotopic (exact) mass is 452 g/mol. The number of esters is 1. The number of fused-ring (bicyclic) bond motifs is 1. The lowest BCUT2D eigenvalue weighted by Crippen LogP contribution is -2.38. The maximum atomic E-state index is 13.0. The van der Waals surface area contributed by atoms with Crippen molar-refractivity contribution in [2.45, 2.75) is 71.0 Å². The van der Waals surface area contributed by atoms with Gasteiger partial charge in [-0.1, -0.05) is 50.6 Å². The number of ether oxygens (including phenoxy) is 1. The first-order chi connectivity index (χ1) is 15.9. The smallest absolute Gasteiger partial charge is 0.340 e. The van der Waals surface area contributed by atoms with E-state index in [9.17, 15) is 14.7 Å². The highest BCUT2D eigenvalue weighted by molar-refractivity contribution is 5.89. The van der Waals surface area contributed by atoms with Crippen molar-refractivity contribution in [1.82, 2.24) is 10.3 Å². The van der Waals surface area contributed by atoms with Crippen molar-refractivity contribution in [1.29, 1.82) is 0 Å². The molecular formula is C27H36N2O4. The Bertz CT molecular complexity index is 929. The molecule has 3 atom stereocenters. The number of nitrogens with one attached hydrogen (secondary N) is 1. The van der Waals surface area contributed by atoms with E-state index in [-0.39, 0.29) is 18.2 Å². The maximum Gasteiger partial charge on any atom is 0.340 e. The van der Waals surface area contributed by atoms with Gasteiger partial charge in [-0.15, -0.1) is 0 Å². The van der Waals surface area contributed by atoms with Crippen LogP contribution < -0.4 is 5.32 Å². The van der Waals surface area contributed by atoms with Gasteiger partial charge in [0.25, 0.3) is 0 Å². The molecule has 3 rings (SSSR count). The fraction of sp³-hybridized carbons (Fsp3) is 0.519. The molecule has 0 saturated heterocycles. The molecule has 1 aromatic carbocycles. The van der Waals surface area contributed by atoms with Gasteiger partial charge in [0.05, 0.1) is 11.7 Å². The summed E-state index contributed by atoms with van der Waals surface area (Å²) < 4.78 is 5.84. The number of hydrogen-bond donors (Lipinski definition) is 2. The predicted octanol–water partition coefficient (Wildman–Crippen LogP) is 3.89. The average Bonchev–Trinajstić information content (AvgIpc) is 3.29. The van der Waals surface area contributed by atoms with Gasteiger partial charge in [-0.3, -0.25) is 9.78 Å². The minimum Gasteiger partial charge on any atom is -0.456 e. The minimum atomic E-state index is -0.967. The van der Waals surface area contributed by atoms with Crippen molar-refractivity contribution in [3.05, 3.63) is 65.0 Å². The zero-order valence-electron chi connectivity index (χ0n) is 19.9. The van der Waals surface area contributed by atoms with Crippen LogP contribution in [0.4, 0.5) is 0 Å². The van der Waals surface area contributed by atoms with Crippen LogP contribution in [0.1, 0.15) is 66.7 Å². The van der Waals surface area contributed by atoms with Gasteiger partial charge in [0.15, 0.2) is 0 Å². The van der Waals surface area contributed by atoms with Crippen LogP contribution in [0.25, 0.3) is 0 Å². The summed E-state index contributed by atoms with van der Waals surface area (Å²) in [6.07, 6.45) is 4.91. The van der Waals surface area contributed by atoms with E-state index in [4.69, 9.17) is 4.74 Å².